The fourth-order valence-electron chi connectivity index (χ4n) is 4.09. The second kappa shape index (κ2) is 9.55. The summed E-state index contributed by atoms with van der Waals surface area (Å²) in [6.45, 7) is 2.82. The zero-order chi connectivity index (χ0) is 23.5. The predicted molar refractivity (Wildman–Crippen MR) is 127 cm³/mol. The van der Waals surface area contributed by atoms with Gasteiger partial charge in [-0.25, -0.2) is 14.8 Å². The van der Waals surface area contributed by atoms with Gasteiger partial charge in [0.15, 0.2) is 5.82 Å². The molecule has 180 valence electrons. The van der Waals surface area contributed by atoms with E-state index >= 15 is 0 Å². The van der Waals surface area contributed by atoms with Crippen LogP contribution in [-0.2, 0) is 14.9 Å². The fourth-order valence-corrected chi connectivity index (χ4v) is 4.09. The SMILES string of the molecule is O=C(NCCO)Nc1ccc(-c2nc(N3CCOCC3)cc(C3(C(=O)NC4CC4)CC3)n2)cc1. The largest absolute Gasteiger partial charge is 0.395 e. The zero-order valence-corrected chi connectivity index (χ0v) is 19.0. The molecule has 0 bridgehead atoms. The second-order valence-corrected chi connectivity index (χ2v) is 9.05. The van der Waals surface area contributed by atoms with Gasteiger partial charge < -0.3 is 30.7 Å². The molecule has 3 fully saturated rings. The highest BCUT2D eigenvalue weighted by molar-refractivity contribution is 5.91. The Balaban J connectivity index is 1.42. The Kier molecular flexibility index (Phi) is 6.34. The average Bonchev–Trinajstić information content (AvgIpc) is 3.79. The van der Waals surface area contributed by atoms with Crippen molar-refractivity contribution in [2.75, 3.05) is 49.7 Å². The first kappa shape index (κ1) is 22.5. The van der Waals surface area contributed by atoms with Gasteiger partial charge in [-0.1, -0.05) is 0 Å². The van der Waals surface area contributed by atoms with Crippen molar-refractivity contribution in [1.82, 2.24) is 20.6 Å². The molecule has 0 radical (unpaired) electrons. The summed E-state index contributed by atoms with van der Waals surface area (Å²) in [4.78, 5) is 36.8. The molecule has 1 aliphatic heterocycles. The quantitative estimate of drug-likeness (QED) is 0.463. The molecule has 2 saturated carbocycles. The molecule has 10 nitrogen and oxygen atoms in total. The van der Waals surface area contributed by atoms with E-state index in [1.807, 2.05) is 18.2 Å². The van der Waals surface area contributed by atoms with E-state index in [4.69, 9.17) is 19.8 Å². The number of urea groups is 1. The van der Waals surface area contributed by atoms with E-state index in [1.165, 1.54) is 0 Å². The number of nitrogens with zero attached hydrogens (tertiary/aromatic N) is 3. The third kappa shape index (κ3) is 4.97. The number of rotatable bonds is 8. The lowest BCUT2D eigenvalue weighted by Gasteiger charge is -2.29. The second-order valence-electron chi connectivity index (χ2n) is 9.05. The zero-order valence-electron chi connectivity index (χ0n) is 19.0. The number of hydrogen-bond donors (Lipinski definition) is 4. The predicted octanol–water partition coefficient (Wildman–Crippen LogP) is 1.40. The minimum absolute atomic E-state index is 0.0704. The van der Waals surface area contributed by atoms with Crippen molar-refractivity contribution in [2.24, 2.45) is 0 Å². The molecular weight excluding hydrogens is 436 g/mol. The topological polar surface area (TPSA) is 129 Å². The number of hydrogen-bond acceptors (Lipinski definition) is 7. The molecule has 10 heteroatoms. The summed E-state index contributed by atoms with van der Waals surface area (Å²) in [5, 5.41) is 17.3. The minimum atomic E-state index is -0.576. The van der Waals surface area contributed by atoms with Crippen LogP contribution in [0.25, 0.3) is 11.4 Å². The van der Waals surface area contributed by atoms with E-state index in [2.05, 4.69) is 20.9 Å². The summed E-state index contributed by atoms with van der Waals surface area (Å²) in [6.07, 6.45) is 3.68. The highest BCUT2D eigenvalue weighted by atomic mass is 16.5. The molecule has 1 aromatic heterocycles. The molecule has 2 heterocycles. The normalized spacial score (nSPS) is 18.8. The monoisotopic (exact) mass is 466 g/mol. The van der Waals surface area contributed by atoms with E-state index in [1.54, 1.807) is 12.1 Å². The van der Waals surface area contributed by atoms with Gasteiger partial charge in [0.05, 0.1) is 30.9 Å². The first-order chi connectivity index (χ1) is 16.6. The van der Waals surface area contributed by atoms with E-state index < -0.39 is 5.41 Å². The van der Waals surface area contributed by atoms with Crippen LogP contribution in [0.3, 0.4) is 0 Å². The molecule has 4 N–H and O–H groups in total. The van der Waals surface area contributed by atoms with Gasteiger partial charge in [-0.15, -0.1) is 0 Å². The summed E-state index contributed by atoms with van der Waals surface area (Å²) in [5.74, 6) is 1.43. The summed E-state index contributed by atoms with van der Waals surface area (Å²) in [6, 6.07) is 9.17. The highest BCUT2D eigenvalue weighted by Gasteiger charge is 2.54. The first-order valence-electron chi connectivity index (χ1n) is 11.9. The van der Waals surface area contributed by atoms with Crippen LogP contribution in [0.2, 0.25) is 0 Å². The molecule has 0 atom stereocenters. The van der Waals surface area contributed by atoms with Crippen LogP contribution in [0.4, 0.5) is 16.3 Å². The third-order valence-corrected chi connectivity index (χ3v) is 6.43. The molecule has 2 aromatic rings. The average molecular weight is 467 g/mol. The lowest BCUT2D eigenvalue weighted by atomic mass is 10.00. The highest BCUT2D eigenvalue weighted by Crippen LogP contribution is 2.49. The van der Waals surface area contributed by atoms with Gasteiger partial charge in [-0.2, -0.15) is 0 Å². The summed E-state index contributed by atoms with van der Waals surface area (Å²) < 4.78 is 5.50. The number of aliphatic hydroxyl groups is 1. The molecule has 1 saturated heterocycles. The molecule has 3 amide bonds. The van der Waals surface area contributed by atoms with E-state index in [0.29, 0.717) is 30.8 Å². The van der Waals surface area contributed by atoms with Crippen molar-refractivity contribution in [3.63, 3.8) is 0 Å². The Morgan fingerprint density at radius 3 is 2.50 bits per heavy atom. The Bertz CT molecular complexity index is 1050. The van der Waals surface area contributed by atoms with E-state index in [-0.39, 0.29) is 25.1 Å². The van der Waals surface area contributed by atoms with Crippen molar-refractivity contribution in [1.29, 1.82) is 0 Å². The van der Waals surface area contributed by atoms with Crippen molar-refractivity contribution in [3.8, 4) is 11.4 Å². The van der Waals surface area contributed by atoms with Gasteiger partial charge in [0.1, 0.15) is 5.82 Å². The van der Waals surface area contributed by atoms with Crippen LogP contribution >= 0.6 is 0 Å². The van der Waals surface area contributed by atoms with Gasteiger partial charge in [0, 0.05) is 43.0 Å². The van der Waals surface area contributed by atoms with Crippen LogP contribution in [-0.4, -0.2) is 72.5 Å². The minimum Gasteiger partial charge on any atom is -0.395 e. The molecule has 1 aromatic carbocycles. The van der Waals surface area contributed by atoms with E-state index in [9.17, 15) is 9.59 Å². The Labute approximate surface area is 198 Å². The van der Waals surface area contributed by atoms with Crippen LogP contribution in [0.1, 0.15) is 31.4 Å². The van der Waals surface area contributed by atoms with Gasteiger partial charge in [0.25, 0.3) is 0 Å². The number of nitrogens with one attached hydrogen (secondary N) is 3. The maximum Gasteiger partial charge on any atom is 0.319 e. The molecule has 0 unspecified atom stereocenters. The van der Waals surface area contributed by atoms with Crippen molar-refractivity contribution >= 4 is 23.4 Å². The lowest BCUT2D eigenvalue weighted by Crippen LogP contribution is -2.38. The number of amides is 3. The maximum absolute atomic E-state index is 13.1. The number of ether oxygens (including phenoxy) is 1. The number of aliphatic hydroxyl groups excluding tert-OH is 1. The summed E-state index contributed by atoms with van der Waals surface area (Å²) in [5.41, 5.74) is 1.61. The molecule has 3 aliphatic rings. The number of carbonyl (C=O) groups excluding carboxylic acids is 2. The summed E-state index contributed by atoms with van der Waals surface area (Å²) >= 11 is 0. The van der Waals surface area contributed by atoms with Gasteiger partial charge in [0.2, 0.25) is 5.91 Å². The van der Waals surface area contributed by atoms with Gasteiger partial charge in [-0.3, -0.25) is 4.79 Å². The Hall–Kier alpha value is -3.24. The molecule has 0 spiro atoms. The summed E-state index contributed by atoms with van der Waals surface area (Å²) in [7, 11) is 0. The van der Waals surface area contributed by atoms with Crippen molar-refractivity contribution in [2.45, 2.75) is 37.1 Å². The number of anilines is 2. The van der Waals surface area contributed by atoms with Crippen molar-refractivity contribution < 1.29 is 19.4 Å². The van der Waals surface area contributed by atoms with Crippen LogP contribution in [0.15, 0.2) is 30.3 Å². The lowest BCUT2D eigenvalue weighted by molar-refractivity contribution is -0.123. The number of morpholine rings is 1. The maximum atomic E-state index is 13.1. The van der Waals surface area contributed by atoms with Crippen molar-refractivity contribution in [3.05, 3.63) is 36.0 Å². The third-order valence-electron chi connectivity index (χ3n) is 6.43. The van der Waals surface area contributed by atoms with Crippen LogP contribution in [0, 0.1) is 0 Å². The standard InChI is InChI=1S/C24H30N6O4/c31-12-9-25-23(33)27-18-3-1-16(2-4-18)21-28-19(15-20(29-21)30-10-13-34-14-11-30)24(7-8-24)22(32)26-17-5-6-17/h1-4,15,17,31H,5-14H2,(H,26,32)(H2,25,27,33). The number of benzene rings is 1. The van der Waals surface area contributed by atoms with Crippen LogP contribution in [0.5, 0.6) is 0 Å². The van der Waals surface area contributed by atoms with Gasteiger partial charge >= 0.3 is 6.03 Å². The molecule has 2 aliphatic carbocycles. The van der Waals surface area contributed by atoms with Crippen LogP contribution < -0.4 is 20.9 Å². The number of carbonyl (C=O) groups is 2. The number of aromatic nitrogens is 2. The Morgan fingerprint density at radius 1 is 1.12 bits per heavy atom. The van der Waals surface area contributed by atoms with E-state index in [0.717, 1.165) is 55.8 Å². The van der Waals surface area contributed by atoms with Gasteiger partial charge in [-0.05, 0) is 49.9 Å². The molecule has 5 rings (SSSR count). The smallest absolute Gasteiger partial charge is 0.319 e. The molecule has 34 heavy (non-hydrogen) atoms. The Morgan fingerprint density at radius 2 is 1.85 bits per heavy atom. The first-order valence-corrected chi connectivity index (χ1v) is 11.9. The molecular formula is C24H30N6O4. The fraction of sp³-hybridized carbons (Fsp3) is 0.500.